The van der Waals surface area contributed by atoms with Gasteiger partial charge in [-0.25, -0.2) is 9.97 Å². The molecule has 0 aliphatic heterocycles. The maximum absolute atomic E-state index is 5.15. The van der Waals surface area contributed by atoms with Gasteiger partial charge in [0.1, 0.15) is 17.9 Å². The number of methoxy groups -OCH3 is 1. The van der Waals surface area contributed by atoms with Crippen LogP contribution in [-0.4, -0.2) is 17.1 Å². The van der Waals surface area contributed by atoms with E-state index in [0.717, 1.165) is 32.6 Å². The van der Waals surface area contributed by atoms with Gasteiger partial charge in [-0.3, -0.25) is 0 Å². The highest BCUT2D eigenvalue weighted by atomic mass is 79.9. The van der Waals surface area contributed by atoms with Crippen molar-refractivity contribution in [2.45, 2.75) is 0 Å². The van der Waals surface area contributed by atoms with E-state index in [0.29, 0.717) is 0 Å². The van der Waals surface area contributed by atoms with Gasteiger partial charge in [0.05, 0.1) is 12.6 Å². The molecule has 0 atom stereocenters. The third kappa shape index (κ3) is 2.44. The zero-order valence-electron chi connectivity index (χ0n) is 10.8. The van der Waals surface area contributed by atoms with Gasteiger partial charge in [-0.1, -0.05) is 6.07 Å². The molecule has 3 aromatic rings. The summed E-state index contributed by atoms with van der Waals surface area (Å²) in [4.78, 5) is 8.60. The first-order chi connectivity index (χ1) is 9.78. The fourth-order valence-electron chi connectivity index (χ4n) is 1.96. The van der Waals surface area contributed by atoms with Crippen molar-refractivity contribution in [3.8, 4) is 5.75 Å². The number of nitrogens with zero attached hydrogens (tertiary/aromatic N) is 2. The van der Waals surface area contributed by atoms with E-state index in [4.69, 9.17) is 4.74 Å². The van der Waals surface area contributed by atoms with Crippen LogP contribution in [0.3, 0.4) is 0 Å². The summed E-state index contributed by atoms with van der Waals surface area (Å²) in [5, 5.41) is 4.27. The Balaban J connectivity index is 1.99. The molecule has 100 valence electrons. The van der Waals surface area contributed by atoms with Gasteiger partial charge >= 0.3 is 0 Å². The number of nitrogens with one attached hydrogen (secondary N) is 1. The summed E-state index contributed by atoms with van der Waals surface area (Å²) in [5.41, 5.74) is 1.84. The predicted molar refractivity (Wildman–Crippen MR) is 83.5 cm³/mol. The monoisotopic (exact) mass is 329 g/mol. The molecule has 0 aliphatic carbocycles. The van der Waals surface area contributed by atoms with E-state index in [2.05, 4.69) is 31.2 Å². The van der Waals surface area contributed by atoms with Crippen molar-refractivity contribution >= 4 is 38.3 Å². The Morgan fingerprint density at radius 3 is 2.60 bits per heavy atom. The molecule has 2 aromatic carbocycles. The minimum Gasteiger partial charge on any atom is -0.497 e. The Hall–Kier alpha value is -2.14. The highest BCUT2D eigenvalue weighted by Gasteiger charge is 2.06. The van der Waals surface area contributed by atoms with Crippen molar-refractivity contribution in [3.05, 3.63) is 53.3 Å². The molecule has 0 saturated heterocycles. The van der Waals surface area contributed by atoms with Crippen LogP contribution in [0.25, 0.3) is 10.9 Å². The average molecular weight is 330 g/mol. The highest BCUT2D eigenvalue weighted by Crippen LogP contribution is 2.28. The lowest BCUT2D eigenvalue weighted by Crippen LogP contribution is -1.96. The molecule has 0 fully saturated rings. The van der Waals surface area contributed by atoms with Crippen LogP contribution in [0.1, 0.15) is 0 Å². The van der Waals surface area contributed by atoms with Gasteiger partial charge in [0, 0.05) is 15.5 Å². The molecule has 0 bridgehead atoms. The topological polar surface area (TPSA) is 47.0 Å². The summed E-state index contributed by atoms with van der Waals surface area (Å²) in [6.45, 7) is 0. The smallest absolute Gasteiger partial charge is 0.141 e. The van der Waals surface area contributed by atoms with Crippen LogP contribution in [0, 0.1) is 0 Å². The summed E-state index contributed by atoms with van der Waals surface area (Å²) in [6.07, 6.45) is 1.55. The molecular weight excluding hydrogens is 318 g/mol. The van der Waals surface area contributed by atoms with Gasteiger partial charge in [0.15, 0.2) is 0 Å². The molecule has 1 heterocycles. The lowest BCUT2D eigenvalue weighted by atomic mass is 10.2. The van der Waals surface area contributed by atoms with E-state index in [9.17, 15) is 0 Å². The van der Waals surface area contributed by atoms with Gasteiger partial charge in [-0.2, -0.15) is 0 Å². The van der Waals surface area contributed by atoms with Gasteiger partial charge in [-0.05, 0) is 52.3 Å². The maximum Gasteiger partial charge on any atom is 0.141 e. The number of halogens is 1. The molecule has 0 radical (unpaired) electrons. The number of anilines is 2. The van der Waals surface area contributed by atoms with Crippen LogP contribution in [0.15, 0.2) is 53.3 Å². The third-order valence-corrected chi connectivity index (χ3v) is 3.61. The molecule has 1 aromatic heterocycles. The molecule has 0 aliphatic rings. The number of hydrogen-bond donors (Lipinski definition) is 1. The first-order valence-corrected chi connectivity index (χ1v) is 6.87. The van der Waals surface area contributed by atoms with E-state index >= 15 is 0 Å². The van der Waals surface area contributed by atoms with Crippen molar-refractivity contribution in [1.29, 1.82) is 0 Å². The standard InChI is InChI=1S/C15H12BrN3O/c1-20-11-7-5-10(6-8-11)19-15-12-3-2-4-13(16)14(12)17-9-18-15/h2-9H,1H3,(H,17,18,19). The number of ether oxygens (including phenoxy) is 1. The molecule has 4 nitrogen and oxygen atoms in total. The van der Waals surface area contributed by atoms with E-state index in [1.165, 1.54) is 0 Å². The second-order valence-corrected chi connectivity index (χ2v) is 5.07. The average Bonchev–Trinajstić information content (AvgIpc) is 2.49. The number of aromatic nitrogens is 2. The number of hydrogen-bond acceptors (Lipinski definition) is 4. The minimum atomic E-state index is 0.779. The fourth-order valence-corrected chi connectivity index (χ4v) is 2.43. The van der Waals surface area contributed by atoms with Gasteiger partial charge in [0.2, 0.25) is 0 Å². The molecule has 3 rings (SSSR count). The predicted octanol–water partition coefficient (Wildman–Crippen LogP) is 4.14. The number of fused-ring (bicyclic) bond motifs is 1. The Bertz CT molecular complexity index is 744. The van der Waals surface area contributed by atoms with E-state index in [-0.39, 0.29) is 0 Å². The van der Waals surface area contributed by atoms with Crippen LogP contribution in [-0.2, 0) is 0 Å². The molecular formula is C15H12BrN3O. The summed E-state index contributed by atoms with van der Waals surface area (Å²) < 4.78 is 6.10. The highest BCUT2D eigenvalue weighted by molar-refractivity contribution is 9.10. The summed E-state index contributed by atoms with van der Waals surface area (Å²) >= 11 is 3.50. The summed E-state index contributed by atoms with van der Waals surface area (Å²) in [7, 11) is 1.65. The van der Waals surface area contributed by atoms with Crippen molar-refractivity contribution in [2.24, 2.45) is 0 Å². The maximum atomic E-state index is 5.15. The number of rotatable bonds is 3. The largest absolute Gasteiger partial charge is 0.497 e. The SMILES string of the molecule is COc1ccc(Nc2ncnc3c(Br)cccc23)cc1. The number of benzene rings is 2. The second-order valence-electron chi connectivity index (χ2n) is 4.21. The first-order valence-electron chi connectivity index (χ1n) is 6.08. The van der Waals surface area contributed by atoms with Crippen LogP contribution < -0.4 is 10.1 Å². The van der Waals surface area contributed by atoms with Crippen LogP contribution in [0.4, 0.5) is 11.5 Å². The van der Waals surface area contributed by atoms with Crippen LogP contribution >= 0.6 is 15.9 Å². The Morgan fingerprint density at radius 2 is 1.85 bits per heavy atom. The molecule has 0 spiro atoms. The van der Waals surface area contributed by atoms with Crippen molar-refractivity contribution in [1.82, 2.24) is 9.97 Å². The van der Waals surface area contributed by atoms with Gasteiger partial charge < -0.3 is 10.1 Å². The van der Waals surface area contributed by atoms with E-state index in [1.54, 1.807) is 13.4 Å². The lowest BCUT2D eigenvalue weighted by Gasteiger charge is -2.09. The second kappa shape index (κ2) is 5.46. The summed E-state index contributed by atoms with van der Waals surface area (Å²) in [6, 6.07) is 13.6. The lowest BCUT2D eigenvalue weighted by molar-refractivity contribution is 0.415. The minimum absolute atomic E-state index is 0.779. The van der Waals surface area contributed by atoms with E-state index in [1.807, 2.05) is 42.5 Å². The Kier molecular flexibility index (Phi) is 3.52. The molecule has 20 heavy (non-hydrogen) atoms. The molecule has 0 amide bonds. The Labute approximate surface area is 125 Å². The van der Waals surface area contributed by atoms with Crippen molar-refractivity contribution in [2.75, 3.05) is 12.4 Å². The van der Waals surface area contributed by atoms with Gasteiger partial charge in [-0.15, -0.1) is 0 Å². The molecule has 1 N–H and O–H groups in total. The quantitative estimate of drug-likeness (QED) is 0.784. The molecule has 0 saturated carbocycles. The number of para-hydroxylation sites is 1. The van der Waals surface area contributed by atoms with Gasteiger partial charge in [0.25, 0.3) is 0 Å². The first kappa shape index (κ1) is 12.9. The molecule has 0 unspecified atom stereocenters. The van der Waals surface area contributed by atoms with Crippen molar-refractivity contribution in [3.63, 3.8) is 0 Å². The van der Waals surface area contributed by atoms with Crippen LogP contribution in [0.2, 0.25) is 0 Å². The van der Waals surface area contributed by atoms with Crippen molar-refractivity contribution < 1.29 is 4.74 Å². The third-order valence-electron chi connectivity index (χ3n) is 2.97. The van der Waals surface area contributed by atoms with E-state index < -0.39 is 0 Å². The zero-order valence-corrected chi connectivity index (χ0v) is 12.4. The zero-order chi connectivity index (χ0) is 13.9. The summed E-state index contributed by atoms with van der Waals surface area (Å²) in [5.74, 6) is 1.60. The fraction of sp³-hybridized carbons (Fsp3) is 0.0667. The van der Waals surface area contributed by atoms with Crippen LogP contribution in [0.5, 0.6) is 5.75 Å². The Morgan fingerprint density at radius 1 is 1.05 bits per heavy atom. The molecule has 5 heteroatoms. The normalized spacial score (nSPS) is 10.5.